The Hall–Kier alpha value is -0.760. The van der Waals surface area contributed by atoms with Crippen LogP contribution in [-0.2, 0) is 5.88 Å². The van der Waals surface area contributed by atoms with Gasteiger partial charge >= 0.3 is 0 Å². The molecule has 3 unspecified atom stereocenters. The second-order valence-corrected chi connectivity index (χ2v) is 5.21. The highest BCUT2D eigenvalue weighted by atomic mass is 35.5. The fourth-order valence-corrected chi connectivity index (χ4v) is 3.25. The Labute approximate surface area is 101 Å². The number of fused-ring (bicyclic) bond motifs is 2. The molecule has 0 saturated heterocycles. The van der Waals surface area contributed by atoms with Crippen molar-refractivity contribution in [3.8, 4) is 5.75 Å². The molecule has 0 aliphatic heterocycles. The van der Waals surface area contributed by atoms with Crippen molar-refractivity contribution in [2.24, 2.45) is 11.8 Å². The molecule has 1 aromatic rings. The van der Waals surface area contributed by atoms with Crippen molar-refractivity contribution < 1.29 is 4.74 Å². The highest BCUT2D eigenvalue weighted by molar-refractivity contribution is 6.16. The van der Waals surface area contributed by atoms with Crippen LogP contribution in [0.1, 0.15) is 31.4 Å². The Kier molecular flexibility index (Phi) is 2.76. The Morgan fingerprint density at radius 2 is 2.31 bits per heavy atom. The quantitative estimate of drug-likeness (QED) is 0.752. The van der Waals surface area contributed by atoms with Gasteiger partial charge in [0.1, 0.15) is 11.9 Å². The van der Waals surface area contributed by atoms with E-state index >= 15 is 0 Å². The van der Waals surface area contributed by atoms with Gasteiger partial charge in [0.2, 0.25) is 0 Å². The zero-order chi connectivity index (χ0) is 11.0. The van der Waals surface area contributed by atoms with Crippen LogP contribution in [0.3, 0.4) is 0 Å². The summed E-state index contributed by atoms with van der Waals surface area (Å²) in [5.74, 6) is 3.10. The first kappa shape index (κ1) is 10.4. The lowest BCUT2D eigenvalue weighted by atomic mass is 9.98. The second kappa shape index (κ2) is 4.25. The van der Waals surface area contributed by atoms with Gasteiger partial charge in [0.25, 0.3) is 0 Å². The van der Waals surface area contributed by atoms with Crippen LogP contribution < -0.4 is 4.74 Å². The molecular weight excluding hydrogens is 222 g/mol. The van der Waals surface area contributed by atoms with Gasteiger partial charge in [0, 0.05) is 12.3 Å². The highest BCUT2D eigenvalue weighted by Gasteiger charge is 2.40. The van der Waals surface area contributed by atoms with E-state index in [2.05, 4.69) is 4.98 Å². The van der Waals surface area contributed by atoms with E-state index in [0.29, 0.717) is 12.0 Å². The summed E-state index contributed by atoms with van der Waals surface area (Å²) in [5, 5.41) is 0. The van der Waals surface area contributed by atoms with Crippen LogP contribution in [0.25, 0.3) is 0 Å². The number of nitrogens with zero attached hydrogens (tertiary/aromatic N) is 1. The summed E-state index contributed by atoms with van der Waals surface area (Å²) < 4.78 is 6.05. The average molecular weight is 238 g/mol. The second-order valence-electron chi connectivity index (χ2n) is 4.95. The smallest absolute Gasteiger partial charge is 0.123 e. The average Bonchev–Trinajstić information content (AvgIpc) is 2.91. The van der Waals surface area contributed by atoms with Gasteiger partial charge in [-0.05, 0) is 43.6 Å². The Morgan fingerprint density at radius 1 is 1.38 bits per heavy atom. The number of ether oxygens (including phenoxy) is 1. The lowest BCUT2D eigenvalue weighted by Gasteiger charge is -2.23. The summed E-state index contributed by atoms with van der Waals surface area (Å²) in [6.07, 6.45) is 7.59. The number of hydrogen-bond donors (Lipinski definition) is 0. The van der Waals surface area contributed by atoms with Crippen LogP contribution >= 0.6 is 11.6 Å². The molecule has 2 fully saturated rings. The lowest BCUT2D eigenvalue weighted by molar-refractivity contribution is 0.138. The van der Waals surface area contributed by atoms with Crippen LogP contribution in [-0.4, -0.2) is 11.1 Å². The standard InChI is InChI=1S/C13H16ClNO/c14-8-11-7-12(3-4-15-11)16-13-6-9-1-2-10(13)5-9/h3-4,7,9-10,13H,1-2,5-6,8H2. The summed E-state index contributed by atoms with van der Waals surface area (Å²) in [4.78, 5) is 4.17. The van der Waals surface area contributed by atoms with Gasteiger partial charge in [-0.25, -0.2) is 0 Å². The molecule has 0 amide bonds. The van der Waals surface area contributed by atoms with Crippen molar-refractivity contribution >= 4 is 11.6 Å². The summed E-state index contributed by atoms with van der Waals surface area (Å²) in [6, 6.07) is 3.89. The minimum Gasteiger partial charge on any atom is -0.490 e. The van der Waals surface area contributed by atoms with Gasteiger partial charge in [-0.3, -0.25) is 4.98 Å². The molecule has 2 aliphatic rings. The Bertz CT molecular complexity index is 382. The maximum atomic E-state index is 6.05. The third-order valence-corrected chi connectivity index (χ3v) is 4.16. The molecular formula is C13H16ClNO. The molecule has 0 aromatic carbocycles. The van der Waals surface area contributed by atoms with Crippen LogP contribution in [0.15, 0.2) is 18.3 Å². The normalized spacial score (nSPS) is 31.9. The topological polar surface area (TPSA) is 22.1 Å². The molecule has 3 heteroatoms. The highest BCUT2D eigenvalue weighted by Crippen LogP contribution is 2.45. The molecule has 2 saturated carbocycles. The predicted molar refractivity (Wildman–Crippen MR) is 63.7 cm³/mol. The van der Waals surface area contributed by atoms with Crippen molar-refractivity contribution in [1.29, 1.82) is 0 Å². The Balaban J connectivity index is 1.69. The summed E-state index contributed by atoms with van der Waals surface area (Å²) in [7, 11) is 0. The first-order chi connectivity index (χ1) is 7.85. The van der Waals surface area contributed by atoms with E-state index in [1.165, 1.54) is 25.7 Å². The molecule has 3 rings (SSSR count). The van der Waals surface area contributed by atoms with Crippen LogP contribution in [0.5, 0.6) is 5.75 Å². The first-order valence-electron chi connectivity index (χ1n) is 6.02. The van der Waals surface area contributed by atoms with E-state index in [-0.39, 0.29) is 0 Å². The molecule has 0 spiro atoms. The summed E-state index contributed by atoms with van der Waals surface area (Å²) in [6.45, 7) is 0. The number of alkyl halides is 1. The molecule has 16 heavy (non-hydrogen) atoms. The van der Waals surface area contributed by atoms with Crippen molar-refractivity contribution in [2.75, 3.05) is 0 Å². The van der Waals surface area contributed by atoms with E-state index in [0.717, 1.165) is 23.3 Å². The maximum Gasteiger partial charge on any atom is 0.123 e. The summed E-state index contributed by atoms with van der Waals surface area (Å²) >= 11 is 5.76. The molecule has 3 atom stereocenters. The predicted octanol–water partition coefficient (Wildman–Crippen LogP) is 3.39. The van der Waals surface area contributed by atoms with Gasteiger partial charge in [-0.1, -0.05) is 0 Å². The summed E-state index contributed by atoms with van der Waals surface area (Å²) in [5.41, 5.74) is 0.891. The van der Waals surface area contributed by atoms with Gasteiger partial charge in [-0.15, -0.1) is 11.6 Å². The molecule has 0 N–H and O–H groups in total. The van der Waals surface area contributed by atoms with E-state index < -0.39 is 0 Å². The minimum atomic E-state index is 0.435. The van der Waals surface area contributed by atoms with E-state index in [1.807, 2.05) is 12.1 Å². The zero-order valence-corrected chi connectivity index (χ0v) is 9.99. The van der Waals surface area contributed by atoms with Crippen molar-refractivity contribution in [3.63, 3.8) is 0 Å². The molecule has 1 aromatic heterocycles. The van der Waals surface area contributed by atoms with Gasteiger partial charge in [0.15, 0.2) is 0 Å². The zero-order valence-electron chi connectivity index (χ0n) is 9.23. The van der Waals surface area contributed by atoms with Crippen molar-refractivity contribution in [3.05, 3.63) is 24.0 Å². The first-order valence-corrected chi connectivity index (χ1v) is 6.56. The van der Waals surface area contributed by atoms with Crippen molar-refractivity contribution in [1.82, 2.24) is 4.98 Å². The van der Waals surface area contributed by atoms with E-state index in [1.54, 1.807) is 6.20 Å². The Morgan fingerprint density at radius 3 is 3.00 bits per heavy atom. The third-order valence-electron chi connectivity index (χ3n) is 3.89. The molecule has 0 radical (unpaired) electrons. The van der Waals surface area contributed by atoms with Crippen molar-refractivity contribution in [2.45, 2.75) is 37.7 Å². The van der Waals surface area contributed by atoms with E-state index in [4.69, 9.17) is 16.3 Å². The number of hydrogen-bond acceptors (Lipinski definition) is 2. The molecule has 2 aliphatic carbocycles. The molecule has 2 bridgehead atoms. The monoisotopic (exact) mass is 237 g/mol. The molecule has 2 nitrogen and oxygen atoms in total. The van der Waals surface area contributed by atoms with Crippen LogP contribution in [0.4, 0.5) is 0 Å². The molecule has 1 heterocycles. The fraction of sp³-hybridized carbons (Fsp3) is 0.615. The SMILES string of the molecule is ClCc1cc(OC2CC3CCC2C3)ccn1. The lowest BCUT2D eigenvalue weighted by Crippen LogP contribution is -2.23. The maximum absolute atomic E-state index is 6.05. The van der Waals surface area contributed by atoms with Gasteiger partial charge < -0.3 is 4.74 Å². The number of halogens is 1. The minimum absolute atomic E-state index is 0.435. The van der Waals surface area contributed by atoms with Gasteiger partial charge in [-0.2, -0.15) is 0 Å². The number of pyridine rings is 1. The number of aromatic nitrogens is 1. The number of rotatable bonds is 3. The fourth-order valence-electron chi connectivity index (χ4n) is 3.11. The van der Waals surface area contributed by atoms with Gasteiger partial charge in [0.05, 0.1) is 11.6 Å². The van der Waals surface area contributed by atoms with E-state index in [9.17, 15) is 0 Å². The van der Waals surface area contributed by atoms with Crippen LogP contribution in [0.2, 0.25) is 0 Å². The van der Waals surface area contributed by atoms with Crippen LogP contribution in [0, 0.1) is 11.8 Å². The largest absolute Gasteiger partial charge is 0.490 e. The third kappa shape index (κ3) is 1.91. The molecule has 86 valence electrons.